The van der Waals surface area contributed by atoms with Crippen molar-refractivity contribution in [1.82, 2.24) is 15.5 Å². The van der Waals surface area contributed by atoms with Crippen molar-refractivity contribution in [1.29, 1.82) is 0 Å². The molecule has 5 nitrogen and oxygen atoms in total. The molecule has 1 atom stereocenters. The second kappa shape index (κ2) is 4.65. The van der Waals surface area contributed by atoms with Crippen molar-refractivity contribution in [2.45, 2.75) is 32.5 Å². The molecule has 16 heavy (non-hydrogen) atoms. The molecule has 1 unspecified atom stereocenters. The Kier molecular flexibility index (Phi) is 3.41. The van der Waals surface area contributed by atoms with E-state index in [9.17, 15) is 0 Å². The van der Waals surface area contributed by atoms with Gasteiger partial charge in [0.1, 0.15) is 17.7 Å². The zero-order valence-electron chi connectivity index (χ0n) is 9.82. The standard InChI is InChI=1S/C10H17N3O2S/c1-7-12-13-9(16-7)14-5-8-4-11-6-10(2,3)15-8/h8,11H,4-6H2,1-3H3. The fraction of sp³-hybridized carbons (Fsp3) is 0.800. The summed E-state index contributed by atoms with van der Waals surface area (Å²) in [6, 6.07) is 0. The minimum Gasteiger partial charge on any atom is -0.466 e. The van der Waals surface area contributed by atoms with Gasteiger partial charge < -0.3 is 14.8 Å². The number of hydrogen-bond donors (Lipinski definition) is 1. The van der Waals surface area contributed by atoms with Crippen molar-refractivity contribution in [2.24, 2.45) is 0 Å². The van der Waals surface area contributed by atoms with E-state index in [2.05, 4.69) is 29.4 Å². The molecule has 0 aliphatic carbocycles. The van der Waals surface area contributed by atoms with E-state index < -0.39 is 0 Å². The van der Waals surface area contributed by atoms with Crippen LogP contribution in [0.1, 0.15) is 18.9 Å². The minimum absolute atomic E-state index is 0.0768. The van der Waals surface area contributed by atoms with Crippen LogP contribution < -0.4 is 10.1 Å². The number of nitrogens with one attached hydrogen (secondary N) is 1. The molecule has 2 rings (SSSR count). The average molecular weight is 243 g/mol. The van der Waals surface area contributed by atoms with E-state index in [1.165, 1.54) is 11.3 Å². The predicted octanol–water partition coefficient (Wildman–Crippen LogP) is 0.992. The SMILES string of the molecule is Cc1nnc(OCC2CNCC(C)(C)O2)s1. The summed E-state index contributed by atoms with van der Waals surface area (Å²) in [4.78, 5) is 0. The Labute approximate surface area is 99.2 Å². The number of ether oxygens (including phenoxy) is 2. The van der Waals surface area contributed by atoms with Gasteiger partial charge in [-0.2, -0.15) is 0 Å². The zero-order valence-corrected chi connectivity index (χ0v) is 10.6. The number of aromatic nitrogens is 2. The van der Waals surface area contributed by atoms with Crippen LogP contribution in [0.5, 0.6) is 5.19 Å². The van der Waals surface area contributed by atoms with Gasteiger partial charge in [-0.3, -0.25) is 0 Å². The van der Waals surface area contributed by atoms with Crippen molar-refractivity contribution in [2.75, 3.05) is 19.7 Å². The third kappa shape index (κ3) is 3.13. The maximum Gasteiger partial charge on any atom is 0.294 e. The maximum atomic E-state index is 5.87. The maximum absolute atomic E-state index is 5.87. The molecule has 1 fully saturated rings. The quantitative estimate of drug-likeness (QED) is 0.858. The number of hydrogen-bond acceptors (Lipinski definition) is 6. The molecule has 6 heteroatoms. The summed E-state index contributed by atoms with van der Waals surface area (Å²) in [5.74, 6) is 0. The third-order valence-corrected chi connectivity index (χ3v) is 3.06. The van der Waals surface area contributed by atoms with Crippen molar-refractivity contribution in [3.05, 3.63) is 5.01 Å². The van der Waals surface area contributed by atoms with Crippen LogP contribution in [-0.2, 0) is 4.74 Å². The Hall–Kier alpha value is -0.720. The van der Waals surface area contributed by atoms with E-state index in [-0.39, 0.29) is 11.7 Å². The Balaban J connectivity index is 1.82. The zero-order chi connectivity index (χ0) is 11.6. The van der Waals surface area contributed by atoms with Crippen LogP contribution >= 0.6 is 11.3 Å². The van der Waals surface area contributed by atoms with Gasteiger partial charge in [0.2, 0.25) is 0 Å². The van der Waals surface area contributed by atoms with Crippen molar-refractivity contribution >= 4 is 11.3 Å². The number of morpholine rings is 1. The van der Waals surface area contributed by atoms with Gasteiger partial charge in [0.15, 0.2) is 0 Å². The summed E-state index contributed by atoms with van der Waals surface area (Å²) in [5.41, 5.74) is -0.122. The molecule has 0 amide bonds. The highest BCUT2D eigenvalue weighted by molar-refractivity contribution is 7.12. The highest BCUT2D eigenvalue weighted by Crippen LogP contribution is 2.19. The molecule has 1 aliphatic rings. The summed E-state index contributed by atoms with van der Waals surface area (Å²) in [5, 5.41) is 12.7. The van der Waals surface area contributed by atoms with Gasteiger partial charge in [-0.1, -0.05) is 11.3 Å². The van der Waals surface area contributed by atoms with E-state index >= 15 is 0 Å². The topological polar surface area (TPSA) is 56.3 Å². The van der Waals surface area contributed by atoms with Crippen LogP contribution in [0.3, 0.4) is 0 Å². The molecule has 90 valence electrons. The Bertz CT molecular complexity index is 354. The fourth-order valence-electron chi connectivity index (χ4n) is 1.66. The molecule has 0 radical (unpaired) electrons. The fourth-order valence-corrected chi connectivity index (χ4v) is 2.21. The summed E-state index contributed by atoms with van der Waals surface area (Å²) in [6.45, 7) is 8.27. The van der Waals surface area contributed by atoms with E-state index in [0.717, 1.165) is 18.1 Å². The van der Waals surface area contributed by atoms with Gasteiger partial charge in [-0.15, -0.1) is 10.2 Å². The molecule has 0 aromatic carbocycles. The lowest BCUT2D eigenvalue weighted by Gasteiger charge is -2.36. The van der Waals surface area contributed by atoms with E-state index in [1.54, 1.807) is 0 Å². The number of rotatable bonds is 3. The smallest absolute Gasteiger partial charge is 0.294 e. The van der Waals surface area contributed by atoms with Gasteiger partial charge in [0, 0.05) is 13.1 Å². The predicted molar refractivity (Wildman–Crippen MR) is 62.0 cm³/mol. The van der Waals surface area contributed by atoms with Gasteiger partial charge in [-0.05, 0) is 20.8 Å². The minimum atomic E-state index is -0.122. The second-order valence-electron chi connectivity index (χ2n) is 4.53. The largest absolute Gasteiger partial charge is 0.466 e. The van der Waals surface area contributed by atoms with Crippen LogP contribution in [0.15, 0.2) is 0 Å². The lowest BCUT2D eigenvalue weighted by atomic mass is 10.1. The summed E-state index contributed by atoms with van der Waals surface area (Å²) in [6.07, 6.45) is 0.0768. The van der Waals surface area contributed by atoms with Gasteiger partial charge in [-0.25, -0.2) is 0 Å². The first-order valence-electron chi connectivity index (χ1n) is 5.37. The molecular weight excluding hydrogens is 226 g/mol. The van der Waals surface area contributed by atoms with E-state index in [4.69, 9.17) is 9.47 Å². The number of nitrogens with zero attached hydrogens (tertiary/aromatic N) is 2. The molecule has 1 saturated heterocycles. The lowest BCUT2D eigenvalue weighted by molar-refractivity contribution is -0.107. The first kappa shape index (κ1) is 11.8. The molecule has 0 bridgehead atoms. The Morgan fingerprint density at radius 3 is 3.00 bits per heavy atom. The molecule has 2 heterocycles. The van der Waals surface area contributed by atoms with Gasteiger partial charge in [0.25, 0.3) is 5.19 Å². The average Bonchev–Trinajstić information content (AvgIpc) is 2.60. The highest BCUT2D eigenvalue weighted by Gasteiger charge is 2.28. The first-order valence-corrected chi connectivity index (χ1v) is 6.18. The van der Waals surface area contributed by atoms with Crippen molar-refractivity contribution in [3.63, 3.8) is 0 Å². The van der Waals surface area contributed by atoms with Crippen LogP contribution in [0.25, 0.3) is 0 Å². The van der Waals surface area contributed by atoms with Gasteiger partial charge >= 0.3 is 0 Å². The molecule has 1 aliphatic heterocycles. The van der Waals surface area contributed by atoms with E-state index in [1.807, 2.05) is 6.92 Å². The molecule has 1 N–H and O–H groups in total. The summed E-state index contributed by atoms with van der Waals surface area (Å²) >= 11 is 1.46. The Morgan fingerprint density at radius 1 is 1.56 bits per heavy atom. The van der Waals surface area contributed by atoms with Crippen molar-refractivity contribution < 1.29 is 9.47 Å². The van der Waals surface area contributed by atoms with Crippen LogP contribution in [0, 0.1) is 6.92 Å². The normalized spacial score (nSPS) is 24.3. The van der Waals surface area contributed by atoms with Gasteiger partial charge in [0.05, 0.1) is 5.60 Å². The highest BCUT2D eigenvalue weighted by atomic mass is 32.1. The van der Waals surface area contributed by atoms with Crippen LogP contribution in [0.2, 0.25) is 0 Å². The molecule has 0 saturated carbocycles. The molecule has 1 aromatic rings. The molecular formula is C10H17N3O2S. The summed E-state index contributed by atoms with van der Waals surface area (Å²) < 4.78 is 11.4. The van der Waals surface area contributed by atoms with E-state index in [0.29, 0.717) is 11.8 Å². The first-order chi connectivity index (χ1) is 7.55. The summed E-state index contributed by atoms with van der Waals surface area (Å²) in [7, 11) is 0. The Morgan fingerprint density at radius 2 is 2.38 bits per heavy atom. The van der Waals surface area contributed by atoms with Crippen LogP contribution in [0.4, 0.5) is 0 Å². The van der Waals surface area contributed by atoms with Crippen molar-refractivity contribution in [3.8, 4) is 5.19 Å². The van der Waals surface area contributed by atoms with Crippen LogP contribution in [-0.4, -0.2) is 41.6 Å². The molecule has 1 aromatic heterocycles. The third-order valence-electron chi connectivity index (χ3n) is 2.31. The molecule has 0 spiro atoms. The lowest BCUT2D eigenvalue weighted by Crippen LogP contribution is -2.52. The monoisotopic (exact) mass is 243 g/mol. The second-order valence-corrected chi connectivity index (χ2v) is 5.67. The number of aryl methyl sites for hydroxylation is 1.